The van der Waals surface area contributed by atoms with Gasteiger partial charge < -0.3 is 28.8 Å². The van der Waals surface area contributed by atoms with E-state index in [0.717, 1.165) is 0 Å². The number of ether oxygens (including phenoxy) is 5. The third-order valence-electron chi connectivity index (χ3n) is 8.39. The van der Waals surface area contributed by atoms with E-state index in [1.54, 1.807) is 13.0 Å². The fourth-order valence-electron chi connectivity index (χ4n) is 6.49. The van der Waals surface area contributed by atoms with E-state index in [1.165, 1.54) is 33.8 Å². The highest BCUT2D eigenvalue weighted by molar-refractivity contribution is 6.23. The lowest BCUT2D eigenvalue weighted by atomic mass is 9.53. The van der Waals surface area contributed by atoms with Crippen molar-refractivity contribution in [3.8, 4) is 0 Å². The number of epoxide rings is 1. The van der Waals surface area contributed by atoms with E-state index in [2.05, 4.69) is 6.58 Å². The van der Waals surface area contributed by atoms with Crippen molar-refractivity contribution in [2.45, 2.75) is 88.5 Å². The summed E-state index contributed by atoms with van der Waals surface area (Å²) in [7, 11) is 0. The van der Waals surface area contributed by atoms with Gasteiger partial charge in [-0.2, -0.15) is 0 Å². The Labute approximate surface area is 220 Å². The second kappa shape index (κ2) is 9.39. The molecule has 2 saturated heterocycles. The van der Waals surface area contributed by atoms with Gasteiger partial charge in [0.25, 0.3) is 0 Å². The zero-order chi connectivity index (χ0) is 27.5. The van der Waals surface area contributed by atoms with Crippen LogP contribution in [0.25, 0.3) is 0 Å². The Morgan fingerprint density at radius 1 is 1.14 bits per heavy atom. The van der Waals surface area contributed by atoms with E-state index in [9.17, 15) is 24.3 Å². The van der Waals surface area contributed by atoms with Crippen molar-refractivity contribution in [2.24, 2.45) is 17.3 Å². The molecule has 3 fully saturated rings. The van der Waals surface area contributed by atoms with Crippen LogP contribution in [0.3, 0.4) is 0 Å². The standard InChI is InChI=1S/C26H33ClO10/c1-12-7-8-17(34-14(3)28)24(6)18(35-15(4)29)9-10-25(11-33-25)20(24)22(36-16(5)30)26(32)13(2)23(31)37-21(26)19(12)27/h7-8,13,17-22,32H,1,9-11H2,2-6H3/b8-7+/t13-,17-,18-,19-,20+,21-,22-,24-,25-,26-/m0/s1. The van der Waals surface area contributed by atoms with Gasteiger partial charge in [0.15, 0.2) is 11.7 Å². The van der Waals surface area contributed by atoms with Gasteiger partial charge in [0.2, 0.25) is 0 Å². The van der Waals surface area contributed by atoms with Gasteiger partial charge in [0.05, 0.1) is 28.9 Å². The second-order valence-electron chi connectivity index (χ2n) is 10.7. The lowest BCUT2D eigenvalue weighted by Crippen LogP contribution is -2.70. The summed E-state index contributed by atoms with van der Waals surface area (Å²) in [6.45, 7) is 11.1. The maximum Gasteiger partial charge on any atom is 0.312 e. The van der Waals surface area contributed by atoms with Crippen LogP contribution in [0.2, 0.25) is 0 Å². The molecule has 2 aliphatic heterocycles. The highest BCUT2D eigenvalue weighted by atomic mass is 35.5. The van der Waals surface area contributed by atoms with Crippen molar-refractivity contribution < 1.29 is 48.0 Å². The third kappa shape index (κ3) is 4.36. The quantitative estimate of drug-likeness (QED) is 0.245. The Hall–Kier alpha value is -2.43. The molecular weight excluding hydrogens is 508 g/mol. The van der Waals surface area contributed by atoms with Crippen molar-refractivity contribution in [3.63, 3.8) is 0 Å². The first kappa shape index (κ1) is 27.6. The van der Waals surface area contributed by atoms with Gasteiger partial charge in [-0.3, -0.25) is 19.2 Å². The summed E-state index contributed by atoms with van der Waals surface area (Å²) in [6, 6.07) is 0. The van der Waals surface area contributed by atoms with Crippen molar-refractivity contribution in [2.75, 3.05) is 6.61 Å². The Morgan fingerprint density at radius 3 is 2.27 bits per heavy atom. The van der Waals surface area contributed by atoms with E-state index < -0.39 is 82.1 Å². The molecule has 1 spiro atoms. The Balaban J connectivity index is 2.04. The molecule has 0 bridgehead atoms. The molecular formula is C26H33ClO10. The first-order valence-corrected chi connectivity index (χ1v) is 12.7. The summed E-state index contributed by atoms with van der Waals surface area (Å²) in [5, 5.41) is 11.3. The van der Waals surface area contributed by atoms with Gasteiger partial charge in [-0.05, 0) is 31.4 Å². The van der Waals surface area contributed by atoms with Crippen molar-refractivity contribution in [1.82, 2.24) is 0 Å². The molecule has 0 unspecified atom stereocenters. The molecule has 0 aromatic heterocycles. The minimum Gasteiger partial charge on any atom is -0.462 e. The molecule has 2 aliphatic carbocycles. The second-order valence-corrected chi connectivity index (χ2v) is 11.2. The molecule has 2 heterocycles. The van der Waals surface area contributed by atoms with E-state index >= 15 is 0 Å². The van der Waals surface area contributed by atoms with Crippen LogP contribution in [0.5, 0.6) is 0 Å². The maximum atomic E-state index is 12.9. The number of allylic oxidation sites excluding steroid dienone is 1. The van der Waals surface area contributed by atoms with Crippen LogP contribution >= 0.6 is 11.6 Å². The number of carbonyl (C=O) groups excluding carboxylic acids is 4. The Morgan fingerprint density at radius 2 is 1.73 bits per heavy atom. The number of rotatable bonds is 3. The molecule has 1 N–H and O–H groups in total. The molecule has 0 radical (unpaired) electrons. The highest BCUT2D eigenvalue weighted by Gasteiger charge is 2.75. The van der Waals surface area contributed by atoms with Gasteiger partial charge in [-0.1, -0.05) is 19.6 Å². The molecule has 4 aliphatic rings. The first-order valence-electron chi connectivity index (χ1n) is 12.3. The average Bonchev–Trinajstić information content (AvgIpc) is 3.53. The maximum absolute atomic E-state index is 12.9. The lowest BCUT2D eigenvalue weighted by Gasteiger charge is -2.56. The Bertz CT molecular complexity index is 1050. The largest absolute Gasteiger partial charge is 0.462 e. The van der Waals surface area contributed by atoms with Gasteiger partial charge in [-0.15, -0.1) is 11.6 Å². The van der Waals surface area contributed by atoms with E-state index in [-0.39, 0.29) is 12.2 Å². The van der Waals surface area contributed by atoms with Crippen LogP contribution in [-0.2, 0) is 42.9 Å². The molecule has 10 atom stereocenters. The number of aliphatic hydroxyl groups is 1. The van der Waals surface area contributed by atoms with Crippen LogP contribution in [-0.4, -0.2) is 76.6 Å². The number of esters is 4. The molecule has 10 nitrogen and oxygen atoms in total. The number of hydrogen-bond donors (Lipinski definition) is 1. The fourth-order valence-corrected chi connectivity index (χ4v) is 6.82. The van der Waals surface area contributed by atoms with Crippen LogP contribution in [0.15, 0.2) is 24.3 Å². The third-order valence-corrected chi connectivity index (χ3v) is 8.90. The highest BCUT2D eigenvalue weighted by Crippen LogP contribution is 2.62. The predicted molar refractivity (Wildman–Crippen MR) is 128 cm³/mol. The average molecular weight is 541 g/mol. The van der Waals surface area contributed by atoms with Crippen LogP contribution in [0.1, 0.15) is 47.5 Å². The zero-order valence-corrected chi connectivity index (χ0v) is 22.3. The zero-order valence-electron chi connectivity index (χ0n) is 21.5. The monoisotopic (exact) mass is 540 g/mol. The smallest absolute Gasteiger partial charge is 0.312 e. The minimum absolute atomic E-state index is 0.259. The van der Waals surface area contributed by atoms with Crippen molar-refractivity contribution >= 4 is 35.5 Å². The number of fused-ring (bicyclic) bond motifs is 3. The van der Waals surface area contributed by atoms with Gasteiger partial charge >= 0.3 is 23.9 Å². The number of hydrogen-bond acceptors (Lipinski definition) is 10. The molecule has 204 valence electrons. The number of halogens is 1. The van der Waals surface area contributed by atoms with Crippen LogP contribution in [0, 0.1) is 17.3 Å². The summed E-state index contributed by atoms with van der Waals surface area (Å²) in [6.07, 6.45) is -0.716. The van der Waals surface area contributed by atoms with E-state index in [0.29, 0.717) is 12.8 Å². The summed E-state index contributed by atoms with van der Waals surface area (Å²) < 4.78 is 29.0. The first-order chi connectivity index (χ1) is 17.2. The summed E-state index contributed by atoms with van der Waals surface area (Å²) in [4.78, 5) is 49.9. The van der Waals surface area contributed by atoms with E-state index in [4.69, 9.17) is 35.3 Å². The van der Waals surface area contributed by atoms with Gasteiger partial charge in [0, 0.05) is 26.7 Å². The van der Waals surface area contributed by atoms with Crippen molar-refractivity contribution in [1.29, 1.82) is 0 Å². The fraction of sp³-hybridized carbons (Fsp3) is 0.692. The molecule has 11 heteroatoms. The summed E-state index contributed by atoms with van der Waals surface area (Å²) >= 11 is 6.70. The molecule has 0 aromatic rings. The lowest BCUT2D eigenvalue weighted by molar-refractivity contribution is -0.238. The van der Waals surface area contributed by atoms with Gasteiger partial charge in [-0.25, -0.2) is 0 Å². The van der Waals surface area contributed by atoms with Gasteiger partial charge in [0.1, 0.15) is 18.3 Å². The topological polar surface area (TPSA) is 138 Å². The normalized spacial score (nSPS) is 45.6. The number of carbonyl (C=O) groups is 4. The summed E-state index contributed by atoms with van der Waals surface area (Å²) in [5.74, 6) is -4.66. The Kier molecular flexibility index (Phi) is 7.01. The predicted octanol–water partition coefficient (Wildman–Crippen LogP) is 1.99. The molecule has 0 aromatic carbocycles. The summed E-state index contributed by atoms with van der Waals surface area (Å²) in [5.41, 5.74) is -4.05. The van der Waals surface area contributed by atoms with Crippen molar-refractivity contribution in [3.05, 3.63) is 24.3 Å². The molecule has 37 heavy (non-hydrogen) atoms. The van der Waals surface area contributed by atoms with Crippen LogP contribution < -0.4 is 0 Å². The molecule has 1 saturated carbocycles. The van der Waals surface area contributed by atoms with Crippen LogP contribution in [0.4, 0.5) is 0 Å². The molecule has 4 rings (SSSR count). The SMILES string of the molecule is C=C1/C=C/[C@H](OC(C)=O)[C@@]2(C)[C@@H](OC(C)=O)CC[C@]3(CO3)[C@@H]2[C@H](OC(C)=O)[C@]2(O)[C@@H](C)C(=O)O[C@H]2[C@H]1Cl. The minimum atomic E-state index is -2.12. The number of alkyl halides is 1. The van der Waals surface area contributed by atoms with E-state index in [1.807, 2.05) is 0 Å². The molecule has 0 amide bonds.